The Morgan fingerprint density at radius 2 is 2.00 bits per heavy atom. The van der Waals surface area contributed by atoms with E-state index in [0.29, 0.717) is 12.8 Å². The summed E-state index contributed by atoms with van der Waals surface area (Å²) in [5, 5.41) is 2.27. The second kappa shape index (κ2) is 3.68. The molecule has 3 N–H and O–H groups in total. The van der Waals surface area contributed by atoms with Crippen LogP contribution in [0.5, 0.6) is 0 Å². The van der Waals surface area contributed by atoms with Gasteiger partial charge in [-0.2, -0.15) is 8.78 Å². The molecule has 0 aromatic carbocycles. The number of hydrogen-bond donors (Lipinski definition) is 3. The summed E-state index contributed by atoms with van der Waals surface area (Å²) in [5.41, 5.74) is -4.23. The lowest BCUT2D eigenvalue weighted by Gasteiger charge is -2.38. The van der Waals surface area contributed by atoms with Gasteiger partial charge in [0.2, 0.25) is 0 Å². The molecule has 1 rings (SSSR count). The van der Waals surface area contributed by atoms with Gasteiger partial charge in [-0.15, -0.1) is 0 Å². The second-order valence-electron chi connectivity index (χ2n) is 3.27. The van der Waals surface area contributed by atoms with Crippen molar-refractivity contribution in [2.45, 2.75) is 29.9 Å². The van der Waals surface area contributed by atoms with Crippen molar-refractivity contribution in [3.8, 4) is 0 Å². The summed E-state index contributed by atoms with van der Waals surface area (Å²) >= 11 is 5.50. The summed E-state index contributed by atoms with van der Waals surface area (Å²) in [6.45, 7) is 0.235. The lowest BCUT2D eigenvalue weighted by molar-refractivity contribution is -0.00829. The first-order chi connectivity index (χ1) is 6.21. The predicted octanol–water partition coefficient (Wildman–Crippen LogP) is 1.47. The van der Waals surface area contributed by atoms with Gasteiger partial charge >= 0.3 is 13.3 Å². The molecule has 0 aliphatic carbocycles. The summed E-state index contributed by atoms with van der Waals surface area (Å²) in [5.74, 6) is 0. The Labute approximate surface area is 84.8 Å². The minimum atomic E-state index is -5.53. The van der Waals surface area contributed by atoms with E-state index in [9.17, 15) is 13.3 Å². The first kappa shape index (κ1) is 12.3. The molecular formula is C6H11ClF2NO3P. The number of hydrogen-bond acceptors (Lipinski definition) is 2. The normalized spacial score (nSPS) is 30.4. The predicted molar refractivity (Wildman–Crippen MR) is 47.4 cm³/mol. The Kier molecular flexibility index (Phi) is 3.24. The zero-order valence-corrected chi connectivity index (χ0v) is 8.86. The Hall–Kier alpha value is 0.260. The third-order valence-corrected chi connectivity index (χ3v) is 4.00. The Bertz CT molecular complexity index is 264. The molecule has 0 aromatic rings. The van der Waals surface area contributed by atoms with Gasteiger partial charge < -0.3 is 9.79 Å². The van der Waals surface area contributed by atoms with Crippen molar-refractivity contribution >= 4 is 19.2 Å². The lowest BCUT2D eigenvalue weighted by atomic mass is 10.0. The van der Waals surface area contributed by atoms with Crippen LogP contribution in [0.2, 0.25) is 0 Å². The minimum absolute atomic E-state index is 0.160. The molecule has 1 aliphatic heterocycles. The van der Waals surface area contributed by atoms with Crippen LogP contribution < -0.4 is 5.32 Å². The molecule has 0 aromatic heterocycles. The van der Waals surface area contributed by atoms with Gasteiger partial charge in [0.05, 0.1) is 0 Å². The average Bonchev–Trinajstić information content (AvgIpc) is 2.03. The first-order valence-corrected chi connectivity index (χ1v) is 6.07. The zero-order valence-electron chi connectivity index (χ0n) is 7.21. The van der Waals surface area contributed by atoms with Gasteiger partial charge in [-0.1, -0.05) is 11.6 Å². The van der Waals surface area contributed by atoms with Gasteiger partial charge in [-0.25, -0.2) is 0 Å². The van der Waals surface area contributed by atoms with Crippen molar-refractivity contribution in [1.82, 2.24) is 5.32 Å². The Morgan fingerprint density at radius 1 is 1.43 bits per heavy atom. The van der Waals surface area contributed by atoms with Crippen LogP contribution >= 0.6 is 19.2 Å². The van der Waals surface area contributed by atoms with Crippen LogP contribution in [0.25, 0.3) is 0 Å². The van der Waals surface area contributed by atoms with Gasteiger partial charge in [0.25, 0.3) is 0 Å². The van der Waals surface area contributed by atoms with Crippen LogP contribution in [0.3, 0.4) is 0 Å². The molecule has 1 atom stereocenters. The van der Waals surface area contributed by atoms with Gasteiger partial charge in [0, 0.05) is 0 Å². The molecule has 0 radical (unpaired) electrons. The molecule has 1 saturated heterocycles. The van der Waals surface area contributed by atoms with Crippen LogP contribution in [0.1, 0.15) is 19.3 Å². The number of halogens is 3. The SMILES string of the molecule is O=P(O)(O)C(F)(F)C1(Cl)CCCCN1. The molecule has 84 valence electrons. The first-order valence-electron chi connectivity index (χ1n) is 4.08. The molecule has 0 bridgehead atoms. The summed E-state index contributed by atoms with van der Waals surface area (Å²) in [7, 11) is -5.53. The fraction of sp³-hybridized carbons (Fsp3) is 1.00. The molecule has 0 amide bonds. The lowest BCUT2D eigenvalue weighted by Crippen LogP contribution is -2.56. The molecule has 1 fully saturated rings. The molecule has 0 saturated carbocycles. The number of nitrogens with one attached hydrogen (secondary N) is 1. The number of piperidine rings is 1. The van der Waals surface area contributed by atoms with E-state index < -0.39 is 18.3 Å². The fourth-order valence-corrected chi connectivity index (χ4v) is 2.57. The van der Waals surface area contributed by atoms with E-state index in [0.717, 1.165) is 0 Å². The van der Waals surface area contributed by atoms with E-state index >= 15 is 0 Å². The van der Waals surface area contributed by atoms with Gasteiger partial charge in [-0.3, -0.25) is 9.88 Å². The highest BCUT2D eigenvalue weighted by molar-refractivity contribution is 7.53. The van der Waals surface area contributed by atoms with Crippen molar-refractivity contribution < 1.29 is 23.1 Å². The van der Waals surface area contributed by atoms with Gasteiger partial charge in [0.1, 0.15) is 0 Å². The summed E-state index contributed by atoms with van der Waals surface area (Å²) in [4.78, 5) is 14.7. The van der Waals surface area contributed by atoms with Crippen molar-refractivity contribution in [2.24, 2.45) is 0 Å². The summed E-state index contributed by atoms with van der Waals surface area (Å²) in [6.07, 6.45) is 0.935. The fourth-order valence-electron chi connectivity index (χ4n) is 1.36. The van der Waals surface area contributed by atoms with E-state index in [1.807, 2.05) is 0 Å². The van der Waals surface area contributed by atoms with E-state index in [4.69, 9.17) is 21.4 Å². The number of rotatable bonds is 2. The average molecular weight is 250 g/mol. The standard InChI is InChI=1S/C6H11ClF2NO3P/c7-5(3-1-2-4-10-5)6(8,9)14(11,12)13/h10H,1-4H2,(H2,11,12,13). The highest BCUT2D eigenvalue weighted by Gasteiger charge is 2.64. The maximum Gasteiger partial charge on any atom is 0.397 e. The third-order valence-electron chi connectivity index (χ3n) is 2.20. The Morgan fingerprint density at radius 3 is 2.36 bits per heavy atom. The van der Waals surface area contributed by atoms with E-state index in [1.165, 1.54) is 0 Å². The van der Waals surface area contributed by atoms with Crippen molar-refractivity contribution in [2.75, 3.05) is 6.54 Å². The highest BCUT2D eigenvalue weighted by atomic mass is 35.5. The van der Waals surface area contributed by atoms with Crippen LogP contribution in [-0.2, 0) is 4.57 Å². The highest BCUT2D eigenvalue weighted by Crippen LogP contribution is 2.60. The van der Waals surface area contributed by atoms with Crippen molar-refractivity contribution in [1.29, 1.82) is 0 Å². The smallest absolute Gasteiger partial charge is 0.320 e. The third kappa shape index (κ3) is 1.95. The molecule has 1 unspecified atom stereocenters. The minimum Gasteiger partial charge on any atom is -0.320 e. The van der Waals surface area contributed by atoms with Crippen LogP contribution in [-0.4, -0.2) is 27.0 Å². The molecule has 8 heteroatoms. The molecule has 1 heterocycles. The summed E-state index contributed by atoms with van der Waals surface area (Å²) in [6, 6.07) is 0. The van der Waals surface area contributed by atoms with E-state index in [2.05, 4.69) is 5.32 Å². The summed E-state index contributed by atoms with van der Waals surface area (Å²) < 4.78 is 37.1. The van der Waals surface area contributed by atoms with Crippen LogP contribution in [0.15, 0.2) is 0 Å². The molecule has 0 spiro atoms. The van der Waals surface area contributed by atoms with Crippen molar-refractivity contribution in [3.05, 3.63) is 0 Å². The van der Waals surface area contributed by atoms with E-state index in [1.54, 1.807) is 0 Å². The quantitative estimate of drug-likeness (QED) is 0.394. The van der Waals surface area contributed by atoms with Crippen LogP contribution in [0, 0.1) is 0 Å². The molecule has 4 nitrogen and oxygen atoms in total. The molecule has 1 aliphatic rings. The topological polar surface area (TPSA) is 69.6 Å². The monoisotopic (exact) mass is 249 g/mol. The van der Waals surface area contributed by atoms with E-state index in [-0.39, 0.29) is 13.0 Å². The van der Waals surface area contributed by atoms with Crippen molar-refractivity contribution in [3.63, 3.8) is 0 Å². The van der Waals surface area contributed by atoms with Gasteiger partial charge in [0.15, 0.2) is 5.00 Å². The second-order valence-corrected chi connectivity index (χ2v) is 5.57. The Balaban J connectivity index is 2.95. The van der Waals surface area contributed by atoms with Gasteiger partial charge in [-0.05, 0) is 25.8 Å². The van der Waals surface area contributed by atoms with Crippen LogP contribution in [0.4, 0.5) is 8.78 Å². The molecular weight excluding hydrogens is 238 g/mol. The largest absolute Gasteiger partial charge is 0.397 e. The maximum atomic E-state index is 13.2. The molecule has 14 heavy (non-hydrogen) atoms. The maximum absolute atomic E-state index is 13.2. The number of alkyl halides is 3. The zero-order chi connectivity index (χ0) is 11.0.